The summed E-state index contributed by atoms with van der Waals surface area (Å²) < 4.78 is 41.0. The van der Waals surface area contributed by atoms with Gasteiger partial charge in [-0.15, -0.1) is 0 Å². The summed E-state index contributed by atoms with van der Waals surface area (Å²) >= 11 is 0. The molecule has 114 valence electrons. The Bertz CT molecular complexity index is 569. The molecule has 6 nitrogen and oxygen atoms in total. The Labute approximate surface area is 116 Å². The number of rotatable bonds is 6. The zero-order valence-electron chi connectivity index (χ0n) is 10.5. The Balaban J connectivity index is 2.95. The van der Waals surface area contributed by atoms with Crippen molar-refractivity contribution in [3.63, 3.8) is 0 Å². The molecule has 0 aliphatic carbocycles. The fourth-order valence-corrected chi connectivity index (χ4v) is 1.35. The van der Waals surface area contributed by atoms with Crippen molar-refractivity contribution in [1.29, 1.82) is 0 Å². The van der Waals surface area contributed by atoms with E-state index in [0.29, 0.717) is 6.08 Å². The first-order valence-corrected chi connectivity index (χ1v) is 5.58. The molecule has 0 atom stereocenters. The average Bonchev–Trinajstić information content (AvgIpc) is 2.35. The van der Waals surface area contributed by atoms with Gasteiger partial charge >= 0.3 is 12.1 Å². The highest BCUT2D eigenvalue weighted by Gasteiger charge is 2.27. The maximum absolute atomic E-state index is 12.0. The Morgan fingerprint density at radius 3 is 2.62 bits per heavy atom. The number of alkyl halides is 3. The van der Waals surface area contributed by atoms with Gasteiger partial charge in [0.05, 0.1) is 18.0 Å². The summed E-state index contributed by atoms with van der Waals surface area (Å²) in [5, 5.41) is 19.1. The van der Waals surface area contributed by atoms with Gasteiger partial charge in [0.25, 0.3) is 5.69 Å². The van der Waals surface area contributed by atoms with E-state index in [2.05, 4.69) is 0 Å². The van der Waals surface area contributed by atoms with Crippen LogP contribution in [0.2, 0.25) is 0 Å². The van der Waals surface area contributed by atoms with Crippen molar-refractivity contribution in [1.82, 2.24) is 0 Å². The van der Waals surface area contributed by atoms with Gasteiger partial charge in [0.2, 0.25) is 0 Å². The monoisotopic (exact) mass is 305 g/mol. The highest BCUT2D eigenvalue weighted by molar-refractivity contribution is 5.86. The third kappa shape index (κ3) is 5.93. The molecule has 1 aromatic carbocycles. The summed E-state index contributed by atoms with van der Waals surface area (Å²) in [5.41, 5.74) is -0.322. The second kappa shape index (κ2) is 6.73. The summed E-state index contributed by atoms with van der Waals surface area (Å²) in [6.07, 6.45) is -3.86. The molecule has 0 radical (unpaired) electrons. The van der Waals surface area contributed by atoms with Gasteiger partial charge in [-0.2, -0.15) is 13.2 Å². The number of nitro groups is 1. The lowest BCUT2D eigenvalue weighted by molar-refractivity contribution is -0.384. The van der Waals surface area contributed by atoms with Gasteiger partial charge in [-0.1, -0.05) is 0 Å². The number of halogens is 3. The minimum atomic E-state index is -4.39. The highest BCUT2D eigenvalue weighted by atomic mass is 19.4. The van der Waals surface area contributed by atoms with E-state index in [1.807, 2.05) is 0 Å². The molecule has 1 N–H and O–H groups in total. The van der Waals surface area contributed by atoms with E-state index in [-0.39, 0.29) is 17.0 Å². The van der Waals surface area contributed by atoms with Gasteiger partial charge in [-0.3, -0.25) is 10.1 Å². The molecule has 0 saturated heterocycles. The molecule has 0 bridgehead atoms. The molecule has 0 heterocycles. The molecule has 0 aliphatic heterocycles. The van der Waals surface area contributed by atoms with Crippen LogP contribution in [0.25, 0.3) is 6.08 Å². The van der Waals surface area contributed by atoms with E-state index < -0.39 is 30.1 Å². The predicted octanol–water partition coefficient (Wildman–Crippen LogP) is 3.02. The summed E-state index contributed by atoms with van der Waals surface area (Å²) in [4.78, 5) is 20.4. The molecule has 0 amide bonds. The fourth-order valence-electron chi connectivity index (χ4n) is 1.35. The molecule has 0 aromatic heterocycles. The Hall–Kier alpha value is -2.58. The van der Waals surface area contributed by atoms with E-state index in [1.54, 1.807) is 0 Å². The lowest BCUT2D eigenvalue weighted by atomic mass is 10.1. The summed E-state index contributed by atoms with van der Waals surface area (Å²) in [7, 11) is 0. The van der Waals surface area contributed by atoms with Crippen LogP contribution in [0.15, 0.2) is 24.3 Å². The zero-order chi connectivity index (χ0) is 16.0. The number of carboxylic acid groups (broad SMARTS) is 1. The van der Waals surface area contributed by atoms with E-state index in [0.717, 1.165) is 24.3 Å². The number of nitro benzene ring substituents is 1. The van der Waals surface area contributed by atoms with Gasteiger partial charge < -0.3 is 9.84 Å². The number of hydrogen-bond acceptors (Lipinski definition) is 4. The van der Waals surface area contributed by atoms with Gasteiger partial charge in [0.1, 0.15) is 5.75 Å². The first-order chi connectivity index (χ1) is 9.69. The van der Waals surface area contributed by atoms with Crippen molar-refractivity contribution in [2.24, 2.45) is 0 Å². The summed E-state index contributed by atoms with van der Waals surface area (Å²) in [5.74, 6) is -1.37. The van der Waals surface area contributed by atoms with Crippen LogP contribution < -0.4 is 4.74 Å². The van der Waals surface area contributed by atoms with E-state index in [1.165, 1.54) is 0 Å². The molecule has 0 spiro atoms. The quantitative estimate of drug-likeness (QED) is 0.495. The minimum absolute atomic E-state index is 0.00812. The van der Waals surface area contributed by atoms with Crippen molar-refractivity contribution in [3.8, 4) is 5.75 Å². The Morgan fingerprint density at radius 1 is 1.43 bits per heavy atom. The summed E-state index contributed by atoms with van der Waals surface area (Å²) in [6, 6.07) is 3.19. The summed E-state index contributed by atoms with van der Waals surface area (Å²) in [6.45, 7) is -0.671. The van der Waals surface area contributed by atoms with Crippen LogP contribution >= 0.6 is 0 Å². The molecule has 1 rings (SSSR count). The van der Waals surface area contributed by atoms with Crippen molar-refractivity contribution in [2.45, 2.75) is 12.6 Å². The lowest BCUT2D eigenvalue weighted by Gasteiger charge is -2.10. The van der Waals surface area contributed by atoms with Gasteiger partial charge in [-0.25, -0.2) is 4.79 Å². The molecule has 0 aliphatic rings. The van der Waals surface area contributed by atoms with Gasteiger partial charge in [-0.05, 0) is 12.1 Å². The molecule has 0 saturated carbocycles. The molecule has 9 heteroatoms. The van der Waals surface area contributed by atoms with Crippen molar-refractivity contribution in [3.05, 3.63) is 40.0 Å². The van der Waals surface area contributed by atoms with Crippen LogP contribution in [0, 0.1) is 10.1 Å². The van der Waals surface area contributed by atoms with Gasteiger partial charge in [0.15, 0.2) is 0 Å². The normalized spacial score (nSPS) is 11.6. The second-order valence-corrected chi connectivity index (χ2v) is 3.86. The standard InChI is InChI=1S/C12H10F3NO5/c13-12(14,15)5-6-21-10-3-2-9(16(19)20)7-8(10)1-4-11(17)18/h1-4,7H,5-6H2,(H,17,18). The average molecular weight is 305 g/mol. The zero-order valence-corrected chi connectivity index (χ0v) is 10.5. The number of carbonyl (C=O) groups is 1. The SMILES string of the molecule is O=C(O)C=Cc1cc([N+](=O)[O-])ccc1OCCC(F)(F)F. The molecular formula is C12H10F3NO5. The lowest BCUT2D eigenvalue weighted by Crippen LogP contribution is -2.13. The molecular weight excluding hydrogens is 295 g/mol. The number of benzene rings is 1. The molecule has 1 aromatic rings. The number of hydrogen-bond donors (Lipinski definition) is 1. The molecule has 0 unspecified atom stereocenters. The van der Waals surface area contributed by atoms with Crippen LogP contribution in [-0.2, 0) is 4.79 Å². The molecule has 0 fully saturated rings. The smallest absolute Gasteiger partial charge is 0.392 e. The number of carboxylic acids is 1. The second-order valence-electron chi connectivity index (χ2n) is 3.86. The number of aliphatic carboxylic acids is 1. The van der Waals surface area contributed by atoms with E-state index in [9.17, 15) is 28.1 Å². The van der Waals surface area contributed by atoms with E-state index >= 15 is 0 Å². The number of non-ortho nitro benzene ring substituents is 1. The van der Waals surface area contributed by atoms with E-state index in [4.69, 9.17) is 9.84 Å². The predicted molar refractivity (Wildman–Crippen MR) is 65.9 cm³/mol. The number of ether oxygens (including phenoxy) is 1. The fraction of sp³-hybridized carbons (Fsp3) is 0.250. The maximum Gasteiger partial charge on any atom is 0.392 e. The van der Waals surface area contributed by atoms with Crippen molar-refractivity contribution < 1.29 is 32.7 Å². The van der Waals surface area contributed by atoms with Crippen LogP contribution in [0.3, 0.4) is 0 Å². The molecule has 21 heavy (non-hydrogen) atoms. The minimum Gasteiger partial charge on any atom is -0.493 e. The Morgan fingerprint density at radius 2 is 2.10 bits per heavy atom. The van der Waals surface area contributed by atoms with Crippen LogP contribution in [0.4, 0.5) is 18.9 Å². The first-order valence-electron chi connectivity index (χ1n) is 5.58. The van der Waals surface area contributed by atoms with Crippen LogP contribution in [-0.4, -0.2) is 28.8 Å². The Kier molecular flexibility index (Phi) is 5.28. The topological polar surface area (TPSA) is 89.7 Å². The maximum atomic E-state index is 12.0. The van der Waals surface area contributed by atoms with Gasteiger partial charge in [0, 0.05) is 23.8 Å². The third-order valence-electron chi connectivity index (χ3n) is 2.25. The third-order valence-corrected chi connectivity index (χ3v) is 2.25. The van der Waals surface area contributed by atoms with Crippen LogP contribution in [0.5, 0.6) is 5.75 Å². The highest BCUT2D eigenvalue weighted by Crippen LogP contribution is 2.27. The largest absolute Gasteiger partial charge is 0.493 e. The van der Waals surface area contributed by atoms with Crippen molar-refractivity contribution >= 4 is 17.7 Å². The van der Waals surface area contributed by atoms with Crippen LogP contribution in [0.1, 0.15) is 12.0 Å². The number of nitrogens with zero attached hydrogens (tertiary/aromatic N) is 1. The first kappa shape index (κ1) is 16.5. The van der Waals surface area contributed by atoms with Crippen molar-refractivity contribution in [2.75, 3.05) is 6.61 Å².